The number of nitrogens with one attached hydrogen (secondary N) is 1. The number of carbonyl (C=O) groups is 1. The first-order valence-corrected chi connectivity index (χ1v) is 6.27. The number of aliphatic hydroxyl groups excluding tert-OH is 1. The van der Waals surface area contributed by atoms with Crippen molar-refractivity contribution in [3.05, 3.63) is 35.4 Å². The summed E-state index contributed by atoms with van der Waals surface area (Å²) in [7, 11) is 0. The summed E-state index contributed by atoms with van der Waals surface area (Å²) in [6.07, 6.45) is 0.395. The number of hydrogen-bond donors (Lipinski definition) is 2. The molecule has 3 nitrogen and oxygen atoms in total. The number of amides is 1. The molecule has 0 saturated carbocycles. The fraction of sp³-hybridized carbons (Fsp3) is 0.500. The highest BCUT2D eigenvalue weighted by atomic mass is 19.2. The molecular weight excluding hydrogens is 252 g/mol. The average molecular weight is 271 g/mol. The molecule has 0 aliphatic carbocycles. The number of carbonyl (C=O) groups excluding carboxylic acids is 1. The molecule has 0 bridgehead atoms. The van der Waals surface area contributed by atoms with Crippen LogP contribution < -0.4 is 5.32 Å². The highest BCUT2D eigenvalue weighted by Gasteiger charge is 2.16. The highest BCUT2D eigenvalue weighted by Crippen LogP contribution is 2.12. The van der Waals surface area contributed by atoms with Crippen molar-refractivity contribution in [2.24, 2.45) is 5.92 Å². The topological polar surface area (TPSA) is 49.3 Å². The summed E-state index contributed by atoms with van der Waals surface area (Å²) in [5.74, 6) is -2.07. The number of benzene rings is 1. The van der Waals surface area contributed by atoms with Gasteiger partial charge in [0, 0.05) is 5.56 Å². The Hall–Kier alpha value is -1.49. The molecule has 0 spiro atoms. The molecule has 0 aromatic heterocycles. The van der Waals surface area contributed by atoms with Crippen LogP contribution in [-0.4, -0.2) is 23.7 Å². The van der Waals surface area contributed by atoms with Gasteiger partial charge in [0.15, 0.2) is 11.6 Å². The monoisotopic (exact) mass is 271 g/mol. The zero-order chi connectivity index (χ0) is 14.4. The van der Waals surface area contributed by atoms with Crippen LogP contribution in [-0.2, 0) is 11.2 Å². The Morgan fingerprint density at radius 2 is 2.05 bits per heavy atom. The van der Waals surface area contributed by atoms with Gasteiger partial charge in [-0.1, -0.05) is 26.0 Å². The van der Waals surface area contributed by atoms with E-state index in [0.717, 1.165) is 6.07 Å². The lowest BCUT2D eigenvalue weighted by molar-refractivity contribution is -0.121. The average Bonchev–Trinajstić information content (AvgIpc) is 2.33. The molecule has 1 atom stereocenters. The van der Waals surface area contributed by atoms with Crippen LogP contribution in [0.3, 0.4) is 0 Å². The zero-order valence-corrected chi connectivity index (χ0v) is 11.1. The third-order valence-corrected chi connectivity index (χ3v) is 2.72. The normalized spacial score (nSPS) is 12.5. The van der Waals surface area contributed by atoms with E-state index < -0.39 is 17.5 Å². The van der Waals surface area contributed by atoms with Crippen LogP contribution >= 0.6 is 0 Å². The van der Waals surface area contributed by atoms with Crippen molar-refractivity contribution in [1.82, 2.24) is 5.32 Å². The second kappa shape index (κ2) is 7.19. The third kappa shape index (κ3) is 4.95. The molecule has 1 rings (SSSR count). The molecule has 0 radical (unpaired) electrons. The van der Waals surface area contributed by atoms with Crippen LogP contribution in [0.4, 0.5) is 8.78 Å². The van der Waals surface area contributed by atoms with Crippen molar-refractivity contribution >= 4 is 5.91 Å². The third-order valence-electron chi connectivity index (χ3n) is 2.72. The molecule has 0 aliphatic rings. The van der Waals surface area contributed by atoms with Crippen molar-refractivity contribution in [3.8, 4) is 0 Å². The molecule has 106 valence electrons. The smallest absolute Gasteiger partial charge is 0.224 e. The van der Waals surface area contributed by atoms with Crippen LogP contribution in [0.25, 0.3) is 0 Å². The molecule has 5 heteroatoms. The van der Waals surface area contributed by atoms with E-state index in [2.05, 4.69) is 5.32 Å². The Labute approximate surface area is 111 Å². The lowest BCUT2D eigenvalue weighted by atomic mass is 10.0. The molecule has 2 N–H and O–H groups in total. The van der Waals surface area contributed by atoms with Crippen molar-refractivity contribution in [2.75, 3.05) is 6.61 Å². The first-order valence-electron chi connectivity index (χ1n) is 6.27. The highest BCUT2D eigenvalue weighted by molar-refractivity contribution is 5.78. The summed E-state index contributed by atoms with van der Waals surface area (Å²) >= 11 is 0. The molecule has 0 heterocycles. The van der Waals surface area contributed by atoms with Crippen molar-refractivity contribution in [3.63, 3.8) is 0 Å². The zero-order valence-electron chi connectivity index (χ0n) is 11.1. The van der Waals surface area contributed by atoms with Crippen LogP contribution in [0.1, 0.15) is 25.8 Å². The molecule has 0 aliphatic heterocycles. The molecule has 0 fully saturated rings. The standard InChI is InChI=1S/C14H19F2NO2/c1-9(2)6-11(8-18)17-13(19)7-10-4-3-5-12(15)14(10)16/h3-5,9,11,18H,6-8H2,1-2H3,(H,17,19). The van der Waals surface area contributed by atoms with E-state index in [4.69, 9.17) is 5.11 Å². The number of halogens is 2. The van der Waals surface area contributed by atoms with Gasteiger partial charge in [0.05, 0.1) is 19.1 Å². The van der Waals surface area contributed by atoms with Crippen LogP contribution in [0.5, 0.6) is 0 Å². The summed E-state index contributed by atoms with van der Waals surface area (Å²) < 4.78 is 26.4. The molecule has 1 aromatic rings. The Balaban J connectivity index is 2.62. The molecule has 1 unspecified atom stereocenters. The van der Waals surface area contributed by atoms with Gasteiger partial charge in [0.1, 0.15) is 0 Å². The number of hydrogen-bond acceptors (Lipinski definition) is 2. The van der Waals surface area contributed by atoms with Gasteiger partial charge in [-0.2, -0.15) is 0 Å². The first kappa shape index (κ1) is 15.6. The maximum absolute atomic E-state index is 13.4. The first-order chi connectivity index (χ1) is 8.93. The minimum absolute atomic E-state index is 0.0127. The second-order valence-electron chi connectivity index (χ2n) is 4.97. The molecular formula is C14H19F2NO2. The predicted molar refractivity (Wildman–Crippen MR) is 68.5 cm³/mol. The maximum Gasteiger partial charge on any atom is 0.224 e. The van der Waals surface area contributed by atoms with E-state index in [-0.39, 0.29) is 24.6 Å². The molecule has 19 heavy (non-hydrogen) atoms. The van der Waals surface area contributed by atoms with E-state index in [1.54, 1.807) is 0 Å². The van der Waals surface area contributed by atoms with Crippen molar-refractivity contribution in [2.45, 2.75) is 32.7 Å². The lowest BCUT2D eigenvalue weighted by Gasteiger charge is -2.18. The Kier molecular flexibility index (Phi) is 5.89. The van der Waals surface area contributed by atoms with E-state index in [1.165, 1.54) is 12.1 Å². The van der Waals surface area contributed by atoms with Gasteiger partial charge >= 0.3 is 0 Å². The van der Waals surface area contributed by atoms with Gasteiger partial charge in [-0.25, -0.2) is 8.78 Å². The summed E-state index contributed by atoms with van der Waals surface area (Å²) in [5, 5.41) is 11.8. The number of aliphatic hydroxyl groups is 1. The Morgan fingerprint density at radius 3 is 2.63 bits per heavy atom. The minimum Gasteiger partial charge on any atom is -0.394 e. The van der Waals surface area contributed by atoms with Crippen LogP contribution in [0.2, 0.25) is 0 Å². The van der Waals surface area contributed by atoms with Gasteiger partial charge in [0.25, 0.3) is 0 Å². The fourth-order valence-electron chi connectivity index (χ4n) is 1.88. The molecule has 1 aromatic carbocycles. The predicted octanol–water partition coefficient (Wildman–Crippen LogP) is 2.03. The SMILES string of the molecule is CC(C)CC(CO)NC(=O)Cc1cccc(F)c1F. The van der Waals surface area contributed by atoms with Crippen molar-refractivity contribution in [1.29, 1.82) is 0 Å². The van der Waals surface area contributed by atoms with E-state index >= 15 is 0 Å². The summed E-state index contributed by atoms with van der Waals surface area (Å²) in [6, 6.07) is 3.38. The van der Waals surface area contributed by atoms with Gasteiger partial charge in [0.2, 0.25) is 5.91 Å². The van der Waals surface area contributed by atoms with Gasteiger partial charge in [-0.3, -0.25) is 4.79 Å². The van der Waals surface area contributed by atoms with Gasteiger partial charge < -0.3 is 10.4 Å². The lowest BCUT2D eigenvalue weighted by Crippen LogP contribution is -2.39. The minimum atomic E-state index is -0.998. The maximum atomic E-state index is 13.4. The van der Waals surface area contributed by atoms with Crippen molar-refractivity contribution < 1.29 is 18.7 Å². The summed E-state index contributed by atoms with van der Waals surface area (Å²) in [5.41, 5.74) is 0.0127. The van der Waals surface area contributed by atoms with Crippen LogP contribution in [0.15, 0.2) is 18.2 Å². The second-order valence-corrected chi connectivity index (χ2v) is 4.97. The Morgan fingerprint density at radius 1 is 1.37 bits per heavy atom. The van der Waals surface area contributed by atoms with Gasteiger partial charge in [-0.15, -0.1) is 0 Å². The van der Waals surface area contributed by atoms with Gasteiger partial charge in [-0.05, 0) is 18.4 Å². The van der Waals surface area contributed by atoms with E-state index in [9.17, 15) is 13.6 Å². The summed E-state index contributed by atoms with van der Waals surface area (Å²) in [6.45, 7) is 3.78. The number of rotatable bonds is 6. The summed E-state index contributed by atoms with van der Waals surface area (Å²) in [4.78, 5) is 11.7. The van der Waals surface area contributed by atoms with E-state index in [0.29, 0.717) is 12.3 Å². The molecule has 1 amide bonds. The van der Waals surface area contributed by atoms with Crippen LogP contribution in [0, 0.1) is 17.6 Å². The Bertz CT molecular complexity index is 435. The van der Waals surface area contributed by atoms with E-state index in [1.807, 2.05) is 13.8 Å². The quantitative estimate of drug-likeness (QED) is 0.831. The molecule has 0 saturated heterocycles. The fourth-order valence-corrected chi connectivity index (χ4v) is 1.88. The largest absolute Gasteiger partial charge is 0.394 e.